The summed E-state index contributed by atoms with van der Waals surface area (Å²) in [5.74, 6) is 0.922. The van der Waals surface area contributed by atoms with E-state index in [0.717, 1.165) is 25.6 Å². The fraction of sp³-hybridized carbons (Fsp3) is 0.667. The van der Waals surface area contributed by atoms with Gasteiger partial charge in [-0.1, -0.05) is 47.8 Å². The van der Waals surface area contributed by atoms with Gasteiger partial charge in [0.15, 0.2) is 0 Å². The zero-order valence-electron chi connectivity index (χ0n) is 13.5. The largest absolute Gasteiger partial charge is 0.313 e. The average Bonchev–Trinajstić information content (AvgIpc) is 2.95. The molecule has 3 heteroatoms. The first-order chi connectivity index (χ1) is 10.2. The highest BCUT2D eigenvalue weighted by Gasteiger charge is 2.17. The second kappa shape index (κ2) is 8.92. The highest BCUT2D eigenvalue weighted by molar-refractivity contribution is 9.10. The maximum absolute atomic E-state index is 3.74. The molecule has 1 fully saturated rings. The van der Waals surface area contributed by atoms with E-state index in [1.807, 2.05) is 0 Å². The standard InChI is InChI=1S/C18H29BrN2/c1-3-10-20-12-16-8-9-17(18(19)11-16)14-21(2)13-15-6-4-5-7-15/h8-9,11,15,20H,3-7,10,12-14H2,1-2H3. The molecular weight excluding hydrogens is 324 g/mol. The summed E-state index contributed by atoms with van der Waals surface area (Å²) in [6.45, 7) is 6.53. The lowest BCUT2D eigenvalue weighted by Gasteiger charge is -2.21. The van der Waals surface area contributed by atoms with Crippen LogP contribution in [0.15, 0.2) is 22.7 Å². The van der Waals surface area contributed by atoms with Crippen LogP contribution in [0.25, 0.3) is 0 Å². The summed E-state index contributed by atoms with van der Waals surface area (Å²) < 4.78 is 1.25. The Kier molecular flexibility index (Phi) is 7.21. The lowest BCUT2D eigenvalue weighted by atomic mass is 10.1. The van der Waals surface area contributed by atoms with E-state index in [-0.39, 0.29) is 0 Å². The van der Waals surface area contributed by atoms with Gasteiger partial charge in [-0.2, -0.15) is 0 Å². The molecule has 118 valence electrons. The van der Waals surface area contributed by atoms with Gasteiger partial charge in [0, 0.05) is 24.1 Å². The third-order valence-corrected chi connectivity index (χ3v) is 5.10. The summed E-state index contributed by atoms with van der Waals surface area (Å²) >= 11 is 3.74. The first kappa shape index (κ1) is 17.0. The Labute approximate surface area is 138 Å². The normalized spacial score (nSPS) is 16.0. The van der Waals surface area contributed by atoms with Crippen molar-refractivity contribution in [1.29, 1.82) is 0 Å². The fourth-order valence-electron chi connectivity index (χ4n) is 3.23. The Balaban J connectivity index is 1.84. The third kappa shape index (κ3) is 5.72. The van der Waals surface area contributed by atoms with Crippen molar-refractivity contribution in [1.82, 2.24) is 10.2 Å². The van der Waals surface area contributed by atoms with E-state index in [1.165, 1.54) is 54.2 Å². The zero-order chi connectivity index (χ0) is 15.1. The second-order valence-corrected chi connectivity index (χ2v) is 7.30. The molecule has 0 aliphatic heterocycles. The predicted molar refractivity (Wildman–Crippen MR) is 94.4 cm³/mol. The van der Waals surface area contributed by atoms with Gasteiger partial charge in [-0.15, -0.1) is 0 Å². The van der Waals surface area contributed by atoms with E-state index in [9.17, 15) is 0 Å². The highest BCUT2D eigenvalue weighted by Crippen LogP contribution is 2.26. The van der Waals surface area contributed by atoms with Crippen LogP contribution in [0.1, 0.15) is 50.2 Å². The van der Waals surface area contributed by atoms with Gasteiger partial charge in [-0.25, -0.2) is 0 Å². The lowest BCUT2D eigenvalue weighted by Crippen LogP contribution is -2.24. The number of rotatable bonds is 8. The SMILES string of the molecule is CCCNCc1ccc(CN(C)CC2CCCC2)c(Br)c1. The topological polar surface area (TPSA) is 15.3 Å². The van der Waals surface area contributed by atoms with E-state index in [4.69, 9.17) is 0 Å². The van der Waals surface area contributed by atoms with Crippen LogP contribution in [0.2, 0.25) is 0 Å². The maximum Gasteiger partial charge on any atom is 0.0242 e. The van der Waals surface area contributed by atoms with E-state index >= 15 is 0 Å². The van der Waals surface area contributed by atoms with Gasteiger partial charge in [0.25, 0.3) is 0 Å². The summed E-state index contributed by atoms with van der Waals surface area (Å²) in [6, 6.07) is 6.80. The van der Waals surface area contributed by atoms with Crippen LogP contribution in [-0.4, -0.2) is 25.0 Å². The molecule has 0 radical (unpaired) electrons. The molecule has 1 saturated carbocycles. The van der Waals surface area contributed by atoms with Gasteiger partial charge in [0.2, 0.25) is 0 Å². The zero-order valence-corrected chi connectivity index (χ0v) is 15.1. The van der Waals surface area contributed by atoms with Crippen molar-refractivity contribution in [3.05, 3.63) is 33.8 Å². The molecule has 1 N–H and O–H groups in total. The predicted octanol–water partition coefficient (Wildman–Crippen LogP) is 4.57. The van der Waals surface area contributed by atoms with Crippen LogP contribution < -0.4 is 5.32 Å². The minimum atomic E-state index is 0.922. The summed E-state index contributed by atoms with van der Waals surface area (Å²) in [6.07, 6.45) is 6.90. The van der Waals surface area contributed by atoms with Crippen molar-refractivity contribution < 1.29 is 0 Å². The molecule has 0 heterocycles. The minimum absolute atomic E-state index is 0.922. The van der Waals surface area contributed by atoms with E-state index in [2.05, 4.69) is 58.3 Å². The van der Waals surface area contributed by atoms with Crippen LogP contribution in [0.5, 0.6) is 0 Å². The van der Waals surface area contributed by atoms with Crippen molar-refractivity contribution in [2.75, 3.05) is 20.1 Å². The molecule has 1 aliphatic carbocycles. The van der Waals surface area contributed by atoms with Gasteiger partial charge < -0.3 is 10.2 Å². The molecule has 0 atom stereocenters. The Morgan fingerprint density at radius 1 is 1.29 bits per heavy atom. The molecule has 21 heavy (non-hydrogen) atoms. The number of halogens is 1. The van der Waals surface area contributed by atoms with Crippen LogP contribution in [0.4, 0.5) is 0 Å². The molecule has 0 spiro atoms. The quantitative estimate of drug-likeness (QED) is 0.689. The number of hydrogen-bond donors (Lipinski definition) is 1. The van der Waals surface area contributed by atoms with Crippen LogP contribution in [0.3, 0.4) is 0 Å². The van der Waals surface area contributed by atoms with Gasteiger partial charge in [0.1, 0.15) is 0 Å². The molecule has 0 saturated heterocycles. The van der Waals surface area contributed by atoms with Gasteiger partial charge in [0.05, 0.1) is 0 Å². The van der Waals surface area contributed by atoms with Crippen molar-refractivity contribution in [3.63, 3.8) is 0 Å². The molecule has 2 rings (SSSR count). The third-order valence-electron chi connectivity index (χ3n) is 4.36. The molecule has 2 nitrogen and oxygen atoms in total. The Bertz CT molecular complexity index is 427. The molecule has 1 aromatic carbocycles. The molecule has 1 aromatic rings. The smallest absolute Gasteiger partial charge is 0.0242 e. The van der Waals surface area contributed by atoms with Gasteiger partial charge >= 0.3 is 0 Å². The van der Waals surface area contributed by atoms with Crippen molar-refractivity contribution >= 4 is 15.9 Å². The first-order valence-corrected chi connectivity index (χ1v) is 9.15. The van der Waals surface area contributed by atoms with Crippen molar-refractivity contribution in [2.45, 2.75) is 52.1 Å². The Morgan fingerprint density at radius 2 is 2.05 bits per heavy atom. The maximum atomic E-state index is 3.74. The highest BCUT2D eigenvalue weighted by atomic mass is 79.9. The van der Waals surface area contributed by atoms with Gasteiger partial charge in [-0.3, -0.25) is 0 Å². The second-order valence-electron chi connectivity index (χ2n) is 6.45. The summed E-state index contributed by atoms with van der Waals surface area (Å²) in [5, 5.41) is 3.46. The number of benzene rings is 1. The summed E-state index contributed by atoms with van der Waals surface area (Å²) in [4.78, 5) is 2.48. The number of nitrogens with zero attached hydrogens (tertiary/aromatic N) is 1. The Morgan fingerprint density at radius 3 is 2.71 bits per heavy atom. The molecular formula is C18H29BrN2. The monoisotopic (exact) mass is 352 g/mol. The molecule has 1 aliphatic rings. The fourth-order valence-corrected chi connectivity index (χ4v) is 3.78. The number of hydrogen-bond acceptors (Lipinski definition) is 2. The average molecular weight is 353 g/mol. The Hall–Kier alpha value is -0.380. The molecule has 0 unspecified atom stereocenters. The first-order valence-electron chi connectivity index (χ1n) is 8.35. The number of nitrogens with one attached hydrogen (secondary N) is 1. The summed E-state index contributed by atoms with van der Waals surface area (Å²) in [7, 11) is 2.25. The van der Waals surface area contributed by atoms with E-state index in [1.54, 1.807) is 0 Å². The molecule has 0 amide bonds. The van der Waals surface area contributed by atoms with Crippen molar-refractivity contribution in [3.8, 4) is 0 Å². The lowest BCUT2D eigenvalue weighted by molar-refractivity contribution is 0.271. The van der Waals surface area contributed by atoms with E-state index in [0.29, 0.717) is 0 Å². The minimum Gasteiger partial charge on any atom is -0.313 e. The van der Waals surface area contributed by atoms with Crippen LogP contribution in [0, 0.1) is 5.92 Å². The van der Waals surface area contributed by atoms with Crippen LogP contribution in [-0.2, 0) is 13.1 Å². The molecule has 0 aromatic heterocycles. The van der Waals surface area contributed by atoms with Crippen LogP contribution >= 0.6 is 15.9 Å². The van der Waals surface area contributed by atoms with Crippen molar-refractivity contribution in [2.24, 2.45) is 5.92 Å². The van der Waals surface area contributed by atoms with E-state index < -0.39 is 0 Å². The van der Waals surface area contributed by atoms with Gasteiger partial charge in [-0.05, 0) is 56.0 Å². The molecule has 0 bridgehead atoms. The summed E-state index contributed by atoms with van der Waals surface area (Å²) in [5.41, 5.74) is 2.76.